The Morgan fingerprint density at radius 1 is 1.36 bits per heavy atom. The number of carbonyl (C=O) groups is 1. The molecule has 22 heavy (non-hydrogen) atoms. The number of rotatable bonds is 3. The van der Waals surface area contributed by atoms with Gasteiger partial charge in [0.15, 0.2) is 0 Å². The van der Waals surface area contributed by atoms with Crippen molar-refractivity contribution >= 4 is 34.2 Å². The molecule has 5 heteroatoms. The highest BCUT2D eigenvalue weighted by atomic mass is 79.9. The van der Waals surface area contributed by atoms with E-state index in [1.54, 1.807) is 0 Å². The lowest BCUT2D eigenvalue weighted by Crippen LogP contribution is -2.48. The third-order valence-corrected chi connectivity index (χ3v) is 5.14. The molecule has 1 saturated heterocycles. The van der Waals surface area contributed by atoms with Crippen LogP contribution in [0.5, 0.6) is 0 Å². The third-order valence-electron chi connectivity index (χ3n) is 4.65. The number of piperidine rings is 1. The van der Waals surface area contributed by atoms with E-state index in [-0.39, 0.29) is 24.4 Å². The molecule has 124 valence electrons. The number of nitrogens with zero attached hydrogens (tertiary/aromatic N) is 1. The Hall–Kier alpha value is -0.580. The highest BCUT2D eigenvalue weighted by Gasteiger charge is 2.35. The average Bonchev–Trinajstić information content (AvgIpc) is 2.46. The number of nitrogens with two attached hydrogens (primary N) is 1. The molecule has 0 aromatic heterocycles. The summed E-state index contributed by atoms with van der Waals surface area (Å²) in [5, 5.41) is 0. The molecule has 2 rings (SSSR count). The lowest BCUT2D eigenvalue weighted by molar-refractivity contribution is -0.137. The number of amides is 1. The minimum absolute atomic E-state index is 0. The van der Waals surface area contributed by atoms with E-state index in [4.69, 9.17) is 5.73 Å². The zero-order valence-corrected chi connectivity index (χ0v) is 15.9. The van der Waals surface area contributed by atoms with Gasteiger partial charge in [0.05, 0.1) is 5.41 Å². The van der Waals surface area contributed by atoms with Gasteiger partial charge in [-0.15, -0.1) is 12.4 Å². The summed E-state index contributed by atoms with van der Waals surface area (Å²) in [6.07, 6.45) is 2.02. The Bertz CT molecular complexity index is 511. The molecule has 1 fully saturated rings. The summed E-state index contributed by atoms with van der Waals surface area (Å²) in [6, 6.07) is 8.25. The van der Waals surface area contributed by atoms with Crippen molar-refractivity contribution in [3.05, 3.63) is 34.3 Å². The van der Waals surface area contributed by atoms with Crippen LogP contribution >= 0.6 is 28.3 Å². The average molecular weight is 390 g/mol. The molecule has 1 heterocycles. The van der Waals surface area contributed by atoms with E-state index in [1.165, 1.54) is 0 Å². The molecular weight excluding hydrogens is 364 g/mol. The Labute approximate surface area is 148 Å². The van der Waals surface area contributed by atoms with Gasteiger partial charge in [-0.05, 0) is 57.2 Å². The quantitative estimate of drug-likeness (QED) is 0.856. The lowest BCUT2D eigenvalue weighted by atomic mass is 9.82. The smallest absolute Gasteiger partial charge is 0.232 e. The fourth-order valence-corrected chi connectivity index (χ4v) is 3.42. The van der Waals surface area contributed by atoms with E-state index in [0.717, 1.165) is 36.0 Å². The van der Waals surface area contributed by atoms with Crippen LogP contribution in [0.25, 0.3) is 0 Å². The van der Waals surface area contributed by atoms with Gasteiger partial charge in [0.25, 0.3) is 0 Å². The molecule has 0 aliphatic carbocycles. The van der Waals surface area contributed by atoms with Gasteiger partial charge in [-0.1, -0.05) is 28.1 Å². The molecule has 1 amide bonds. The van der Waals surface area contributed by atoms with Gasteiger partial charge in [0.1, 0.15) is 0 Å². The monoisotopic (exact) mass is 388 g/mol. The van der Waals surface area contributed by atoms with Crippen molar-refractivity contribution in [1.82, 2.24) is 4.90 Å². The summed E-state index contributed by atoms with van der Waals surface area (Å²) < 4.78 is 1.01. The maximum atomic E-state index is 12.9. The van der Waals surface area contributed by atoms with Crippen LogP contribution in [0, 0.1) is 5.92 Å². The van der Waals surface area contributed by atoms with Gasteiger partial charge < -0.3 is 10.6 Å². The van der Waals surface area contributed by atoms with Gasteiger partial charge in [-0.2, -0.15) is 0 Å². The van der Waals surface area contributed by atoms with E-state index >= 15 is 0 Å². The molecular formula is C17H26BrClN2O. The number of carbonyl (C=O) groups excluding carboxylic acids is 1. The first-order valence-electron chi connectivity index (χ1n) is 7.63. The molecule has 1 aliphatic rings. The Kier molecular flexibility index (Phi) is 6.90. The first-order valence-corrected chi connectivity index (χ1v) is 8.42. The summed E-state index contributed by atoms with van der Waals surface area (Å²) in [7, 11) is 0. The topological polar surface area (TPSA) is 46.3 Å². The van der Waals surface area contributed by atoms with Crippen LogP contribution < -0.4 is 5.73 Å². The van der Waals surface area contributed by atoms with E-state index in [9.17, 15) is 4.79 Å². The highest BCUT2D eigenvalue weighted by Crippen LogP contribution is 2.30. The fourth-order valence-electron chi connectivity index (χ4n) is 3.02. The second-order valence-corrected chi connectivity index (χ2v) is 7.54. The SMILES string of the molecule is CC(N)C1CCN(C(=O)C(C)(C)c2cccc(Br)c2)CC1.Cl. The van der Waals surface area contributed by atoms with Crippen molar-refractivity contribution in [2.75, 3.05) is 13.1 Å². The molecule has 0 bridgehead atoms. The van der Waals surface area contributed by atoms with Crippen LogP contribution in [0.4, 0.5) is 0 Å². The molecule has 2 N–H and O–H groups in total. The van der Waals surface area contributed by atoms with Crippen LogP contribution in [-0.2, 0) is 10.2 Å². The van der Waals surface area contributed by atoms with E-state index in [0.29, 0.717) is 5.92 Å². The van der Waals surface area contributed by atoms with Crippen molar-refractivity contribution in [3.63, 3.8) is 0 Å². The van der Waals surface area contributed by atoms with Gasteiger partial charge in [0, 0.05) is 23.6 Å². The van der Waals surface area contributed by atoms with Crippen molar-refractivity contribution < 1.29 is 4.79 Å². The van der Waals surface area contributed by atoms with Gasteiger partial charge in [-0.3, -0.25) is 4.79 Å². The maximum absolute atomic E-state index is 12.9. The molecule has 0 spiro atoms. The molecule has 1 aliphatic heterocycles. The predicted octanol–water partition coefficient (Wildman–Crippen LogP) is 3.73. The second-order valence-electron chi connectivity index (χ2n) is 6.62. The summed E-state index contributed by atoms with van der Waals surface area (Å²) >= 11 is 3.48. The van der Waals surface area contributed by atoms with Crippen molar-refractivity contribution in [1.29, 1.82) is 0 Å². The normalized spacial score (nSPS) is 17.8. The zero-order chi connectivity index (χ0) is 15.6. The number of likely N-dealkylation sites (tertiary alicyclic amines) is 1. The largest absolute Gasteiger partial charge is 0.342 e. The fraction of sp³-hybridized carbons (Fsp3) is 0.588. The van der Waals surface area contributed by atoms with Crippen LogP contribution in [0.2, 0.25) is 0 Å². The van der Waals surface area contributed by atoms with Gasteiger partial charge in [-0.25, -0.2) is 0 Å². The van der Waals surface area contributed by atoms with E-state index < -0.39 is 5.41 Å². The summed E-state index contributed by atoms with van der Waals surface area (Å²) in [5.74, 6) is 0.756. The van der Waals surface area contributed by atoms with E-state index in [2.05, 4.69) is 22.9 Å². The molecule has 1 unspecified atom stereocenters. The second kappa shape index (κ2) is 7.80. The van der Waals surface area contributed by atoms with Crippen LogP contribution in [0.3, 0.4) is 0 Å². The molecule has 1 aromatic carbocycles. The number of benzene rings is 1. The van der Waals surface area contributed by atoms with Crippen molar-refractivity contribution in [3.8, 4) is 0 Å². The van der Waals surface area contributed by atoms with Crippen LogP contribution in [-0.4, -0.2) is 29.9 Å². The Morgan fingerprint density at radius 2 is 1.95 bits per heavy atom. The zero-order valence-electron chi connectivity index (χ0n) is 13.5. The number of hydrogen-bond acceptors (Lipinski definition) is 2. The minimum Gasteiger partial charge on any atom is -0.342 e. The molecule has 0 radical (unpaired) electrons. The number of halogens is 2. The van der Waals surface area contributed by atoms with Crippen LogP contribution in [0.1, 0.15) is 39.2 Å². The Morgan fingerprint density at radius 3 is 2.45 bits per heavy atom. The predicted molar refractivity (Wildman–Crippen MR) is 97.4 cm³/mol. The van der Waals surface area contributed by atoms with Crippen LogP contribution in [0.15, 0.2) is 28.7 Å². The standard InChI is InChI=1S/C17H25BrN2O.ClH/c1-12(19)13-7-9-20(10-8-13)16(21)17(2,3)14-5-4-6-15(18)11-14;/h4-6,11-13H,7-10,19H2,1-3H3;1H. The first kappa shape index (κ1) is 19.5. The molecule has 0 saturated carbocycles. The highest BCUT2D eigenvalue weighted by molar-refractivity contribution is 9.10. The summed E-state index contributed by atoms with van der Waals surface area (Å²) in [5.41, 5.74) is 6.53. The molecule has 1 aromatic rings. The molecule has 1 atom stereocenters. The van der Waals surface area contributed by atoms with Crippen molar-refractivity contribution in [2.24, 2.45) is 11.7 Å². The first-order chi connectivity index (χ1) is 9.82. The Balaban J connectivity index is 0.00000242. The lowest BCUT2D eigenvalue weighted by Gasteiger charge is -2.38. The summed E-state index contributed by atoms with van der Waals surface area (Å²) in [4.78, 5) is 14.9. The number of hydrogen-bond donors (Lipinski definition) is 1. The summed E-state index contributed by atoms with van der Waals surface area (Å²) in [6.45, 7) is 7.72. The minimum atomic E-state index is -0.495. The molecule has 3 nitrogen and oxygen atoms in total. The maximum Gasteiger partial charge on any atom is 0.232 e. The van der Waals surface area contributed by atoms with Gasteiger partial charge in [0.2, 0.25) is 5.91 Å². The van der Waals surface area contributed by atoms with Gasteiger partial charge >= 0.3 is 0 Å². The van der Waals surface area contributed by atoms with E-state index in [1.807, 2.05) is 43.0 Å². The third kappa shape index (κ3) is 4.24. The van der Waals surface area contributed by atoms with Crippen molar-refractivity contribution in [2.45, 2.75) is 45.1 Å².